The molecule has 3 nitrogen and oxygen atoms in total. The van der Waals surface area contributed by atoms with E-state index in [0.717, 1.165) is 18.7 Å². The molecule has 0 spiro atoms. The molecular weight excluding hydrogens is 260 g/mol. The van der Waals surface area contributed by atoms with Crippen LogP contribution in [0.25, 0.3) is 0 Å². The largest absolute Gasteiger partial charge is 0.383 e. The molecule has 0 atom stereocenters. The molecule has 0 bridgehead atoms. The smallest absolute Gasteiger partial charge is 0.116 e. The summed E-state index contributed by atoms with van der Waals surface area (Å²) in [7, 11) is 0. The number of aryl methyl sites for hydroxylation is 1. The SMILES string of the molecule is CCCn1ncc(Cl)c1C1(O)Cc2ccccc2C1. The van der Waals surface area contributed by atoms with Crippen LogP contribution in [0.15, 0.2) is 30.5 Å². The molecule has 1 heterocycles. The maximum absolute atomic E-state index is 11.0. The van der Waals surface area contributed by atoms with E-state index in [1.54, 1.807) is 6.20 Å². The highest BCUT2D eigenvalue weighted by Crippen LogP contribution is 2.40. The molecule has 0 saturated carbocycles. The number of aliphatic hydroxyl groups is 1. The van der Waals surface area contributed by atoms with E-state index < -0.39 is 5.60 Å². The normalized spacial score (nSPS) is 16.6. The fourth-order valence-corrected chi connectivity index (χ4v) is 3.29. The predicted molar refractivity (Wildman–Crippen MR) is 75.3 cm³/mol. The summed E-state index contributed by atoms with van der Waals surface area (Å²) in [4.78, 5) is 0. The fourth-order valence-electron chi connectivity index (χ4n) is 2.97. The van der Waals surface area contributed by atoms with Gasteiger partial charge in [-0.3, -0.25) is 4.68 Å². The van der Waals surface area contributed by atoms with Crippen molar-refractivity contribution in [3.05, 3.63) is 52.3 Å². The summed E-state index contributed by atoms with van der Waals surface area (Å²) in [5.41, 5.74) is 2.23. The molecule has 1 aromatic carbocycles. The van der Waals surface area contributed by atoms with E-state index in [0.29, 0.717) is 17.9 Å². The summed E-state index contributed by atoms with van der Waals surface area (Å²) >= 11 is 6.25. The first-order valence-electron chi connectivity index (χ1n) is 6.65. The van der Waals surface area contributed by atoms with Crippen LogP contribution in [0.2, 0.25) is 5.02 Å². The third-order valence-corrected chi connectivity index (χ3v) is 4.03. The van der Waals surface area contributed by atoms with E-state index in [-0.39, 0.29) is 0 Å². The van der Waals surface area contributed by atoms with Gasteiger partial charge in [-0.05, 0) is 17.5 Å². The second kappa shape index (κ2) is 4.66. The number of nitrogens with zero attached hydrogens (tertiary/aromatic N) is 2. The van der Waals surface area contributed by atoms with Crippen molar-refractivity contribution < 1.29 is 5.11 Å². The van der Waals surface area contributed by atoms with Crippen molar-refractivity contribution in [2.45, 2.75) is 38.3 Å². The number of rotatable bonds is 3. The molecule has 0 radical (unpaired) electrons. The zero-order valence-corrected chi connectivity index (χ0v) is 11.7. The highest BCUT2D eigenvalue weighted by Gasteiger charge is 2.40. The minimum absolute atomic E-state index is 0.559. The molecule has 4 heteroatoms. The Kier molecular flexibility index (Phi) is 3.11. The molecule has 2 aromatic rings. The van der Waals surface area contributed by atoms with Gasteiger partial charge in [0, 0.05) is 19.4 Å². The van der Waals surface area contributed by atoms with Crippen molar-refractivity contribution >= 4 is 11.6 Å². The van der Waals surface area contributed by atoms with Crippen LogP contribution in [0.3, 0.4) is 0 Å². The highest BCUT2D eigenvalue weighted by molar-refractivity contribution is 6.31. The molecule has 1 aromatic heterocycles. The van der Waals surface area contributed by atoms with E-state index in [2.05, 4.69) is 24.2 Å². The first-order chi connectivity index (χ1) is 9.14. The Balaban J connectivity index is 2.02. The summed E-state index contributed by atoms with van der Waals surface area (Å²) in [6.07, 6.45) is 3.82. The summed E-state index contributed by atoms with van der Waals surface area (Å²) in [6, 6.07) is 8.16. The number of hydrogen-bond acceptors (Lipinski definition) is 2. The van der Waals surface area contributed by atoms with Crippen LogP contribution in [-0.4, -0.2) is 14.9 Å². The van der Waals surface area contributed by atoms with Gasteiger partial charge in [-0.25, -0.2) is 0 Å². The van der Waals surface area contributed by atoms with Crippen LogP contribution in [-0.2, 0) is 25.0 Å². The molecule has 0 aliphatic heterocycles. The van der Waals surface area contributed by atoms with Gasteiger partial charge in [0.05, 0.1) is 16.9 Å². The molecule has 1 aliphatic carbocycles. The molecule has 19 heavy (non-hydrogen) atoms. The monoisotopic (exact) mass is 276 g/mol. The highest BCUT2D eigenvalue weighted by atomic mass is 35.5. The molecule has 0 unspecified atom stereocenters. The fraction of sp³-hybridized carbons (Fsp3) is 0.400. The lowest BCUT2D eigenvalue weighted by atomic mass is 9.96. The Labute approximate surface area is 117 Å². The number of fused-ring (bicyclic) bond motifs is 1. The van der Waals surface area contributed by atoms with Crippen molar-refractivity contribution in [2.24, 2.45) is 0 Å². The topological polar surface area (TPSA) is 38.0 Å². The Morgan fingerprint density at radius 2 is 1.95 bits per heavy atom. The lowest BCUT2D eigenvalue weighted by Gasteiger charge is -2.24. The van der Waals surface area contributed by atoms with Gasteiger partial charge in [0.1, 0.15) is 5.60 Å². The molecular formula is C15H17ClN2O. The van der Waals surface area contributed by atoms with Crippen LogP contribution in [0.5, 0.6) is 0 Å². The van der Waals surface area contributed by atoms with Crippen molar-refractivity contribution in [1.82, 2.24) is 9.78 Å². The average molecular weight is 277 g/mol. The molecule has 1 N–H and O–H groups in total. The van der Waals surface area contributed by atoms with Gasteiger partial charge in [0.2, 0.25) is 0 Å². The third kappa shape index (κ3) is 2.07. The van der Waals surface area contributed by atoms with Gasteiger partial charge in [-0.1, -0.05) is 42.8 Å². The minimum atomic E-state index is -0.924. The minimum Gasteiger partial charge on any atom is -0.383 e. The van der Waals surface area contributed by atoms with Crippen molar-refractivity contribution in [3.63, 3.8) is 0 Å². The summed E-state index contributed by atoms with van der Waals surface area (Å²) in [6.45, 7) is 2.87. The van der Waals surface area contributed by atoms with Gasteiger partial charge in [0.25, 0.3) is 0 Å². The number of aromatic nitrogens is 2. The van der Waals surface area contributed by atoms with E-state index in [4.69, 9.17) is 11.6 Å². The number of hydrogen-bond donors (Lipinski definition) is 1. The predicted octanol–water partition coefficient (Wildman–Crippen LogP) is 2.93. The standard InChI is InChI=1S/C15H17ClN2O/c1-2-7-18-14(13(16)10-17-18)15(19)8-11-5-3-4-6-12(11)9-15/h3-6,10,19H,2,7-9H2,1H3. The van der Waals surface area contributed by atoms with E-state index >= 15 is 0 Å². The molecule has 0 saturated heterocycles. The Morgan fingerprint density at radius 3 is 2.53 bits per heavy atom. The van der Waals surface area contributed by atoms with Gasteiger partial charge < -0.3 is 5.11 Å². The van der Waals surface area contributed by atoms with Gasteiger partial charge >= 0.3 is 0 Å². The van der Waals surface area contributed by atoms with Gasteiger partial charge in [-0.15, -0.1) is 0 Å². The second-order valence-electron chi connectivity index (χ2n) is 5.22. The molecule has 1 aliphatic rings. The maximum Gasteiger partial charge on any atom is 0.116 e. The van der Waals surface area contributed by atoms with Crippen LogP contribution in [0.4, 0.5) is 0 Å². The van der Waals surface area contributed by atoms with Gasteiger partial charge in [-0.2, -0.15) is 5.10 Å². The lowest BCUT2D eigenvalue weighted by molar-refractivity contribution is 0.0386. The van der Waals surface area contributed by atoms with E-state index in [9.17, 15) is 5.11 Å². The zero-order valence-electron chi connectivity index (χ0n) is 10.9. The lowest BCUT2D eigenvalue weighted by Crippen LogP contribution is -2.30. The molecule has 0 fully saturated rings. The quantitative estimate of drug-likeness (QED) is 0.936. The first-order valence-corrected chi connectivity index (χ1v) is 7.03. The second-order valence-corrected chi connectivity index (χ2v) is 5.63. The van der Waals surface area contributed by atoms with E-state index in [1.807, 2.05) is 16.8 Å². The maximum atomic E-state index is 11.0. The molecule has 0 amide bonds. The average Bonchev–Trinajstić information content (AvgIpc) is 2.90. The molecule has 3 rings (SSSR count). The Bertz CT molecular complexity index is 581. The number of halogens is 1. The van der Waals surface area contributed by atoms with E-state index in [1.165, 1.54) is 11.1 Å². The van der Waals surface area contributed by atoms with Crippen LogP contribution in [0, 0.1) is 0 Å². The Morgan fingerprint density at radius 1 is 1.32 bits per heavy atom. The first kappa shape index (κ1) is 12.7. The van der Waals surface area contributed by atoms with Crippen LogP contribution in [0.1, 0.15) is 30.2 Å². The zero-order chi connectivity index (χ0) is 13.5. The van der Waals surface area contributed by atoms with Crippen molar-refractivity contribution in [3.8, 4) is 0 Å². The van der Waals surface area contributed by atoms with Crippen molar-refractivity contribution in [1.29, 1.82) is 0 Å². The summed E-state index contributed by atoms with van der Waals surface area (Å²) < 4.78 is 1.84. The summed E-state index contributed by atoms with van der Waals surface area (Å²) in [5.74, 6) is 0. The van der Waals surface area contributed by atoms with Gasteiger partial charge in [0.15, 0.2) is 0 Å². The van der Waals surface area contributed by atoms with Crippen LogP contribution < -0.4 is 0 Å². The molecule has 100 valence electrons. The number of benzene rings is 1. The summed E-state index contributed by atoms with van der Waals surface area (Å²) in [5, 5.41) is 15.9. The third-order valence-electron chi connectivity index (χ3n) is 3.76. The Hall–Kier alpha value is -1.32. The van der Waals surface area contributed by atoms with Crippen LogP contribution >= 0.6 is 11.6 Å². The van der Waals surface area contributed by atoms with Crippen molar-refractivity contribution in [2.75, 3.05) is 0 Å².